The van der Waals surface area contributed by atoms with E-state index >= 15 is 0 Å². The maximum Gasteiger partial charge on any atom is 0.319 e. The molecule has 1 atom stereocenters. The van der Waals surface area contributed by atoms with Crippen LogP contribution in [0.3, 0.4) is 0 Å². The first-order valence-corrected chi connectivity index (χ1v) is 7.70. The number of carbonyl (C=O) groups excluding carboxylic acids is 2. The van der Waals surface area contributed by atoms with Crippen LogP contribution in [-0.2, 0) is 9.53 Å². The van der Waals surface area contributed by atoms with Gasteiger partial charge in [-0.15, -0.1) is 0 Å². The van der Waals surface area contributed by atoms with E-state index in [4.69, 9.17) is 9.47 Å². The number of nitrogens with one attached hydrogen (secondary N) is 3. The van der Waals surface area contributed by atoms with E-state index in [0.29, 0.717) is 24.8 Å². The zero-order valence-electron chi connectivity index (χ0n) is 13.3. The lowest BCUT2D eigenvalue weighted by Gasteiger charge is -2.10. The van der Waals surface area contributed by atoms with Gasteiger partial charge in [-0.2, -0.15) is 0 Å². The molecule has 126 valence electrons. The Labute approximate surface area is 135 Å². The van der Waals surface area contributed by atoms with Crippen molar-refractivity contribution in [2.75, 3.05) is 38.7 Å². The van der Waals surface area contributed by atoms with E-state index in [1.165, 1.54) is 0 Å². The number of carbonyl (C=O) groups is 2. The fourth-order valence-corrected chi connectivity index (χ4v) is 2.23. The molecule has 3 amide bonds. The first-order chi connectivity index (χ1) is 11.2. The maximum atomic E-state index is 11.7. The summed E-state index contributed by atoms with van der Waals surface area (Å²) in [5.74, 6) is 1.06. The van der Waals surface area contributed by atoms with E-state index in [-0.39, 0.29) is 24.9 Å². The van der Waals surface area contributed by atoms with Crippen LogP contribution in [-0.4, -0.2) is 45.4 Å². The molecule has 1 fully saturated rings. The average Bonchev–Trinajstić information content (AvgIpc) is 3.07. The normalized spacial score (nSPS) is 16.7. The fraction of sp³-hybridized carbons (Fsp3) is 0.500. The Balaban J connectivity index is 1.58. The molecule has 7 nitrogen and oxygen atoms in total. The van der Waals surface area contributed by atoms with Gasteiger partial charge in [0, 0.05) is 37.7 Å². The molecule has 1 saturated heterocycles. The molecule has 1 aliphatic heterocycles. The van der Waals surface area contributed by atoms with Crippen molar-refractivity contribution in [3.8, 4) is 5.75 Å². The Hall–Kier alpha value is -2.28. The molecule has 1 unspecified atom stereocenters. The summed E-state index contributed by atoms with van der Waals surface area (Å²) in [6, 6.07) is 6.67. The van der Waals surface area contributed by atoms with E-state index in [2.05, 4.69) is 16.0 Å². The zero-order valence-corrected chi connectivity index (χ0v) is 13.3. The molecule has 1 aromatic rings. The molecule has 3 N–H and O–H groups in total. The second-order valence-corrected chi connectivity index (χ2v) is 5.39. The summed E-state index contributed by atoms with van der Waals surface area (Å²) in [6.45, 7) is 2.41. The average molecular weight is 321 g/mol. The SMILES string of the molecule is COc1ccc(NC(=O)NCCC(=O)NCC2CCOC2)cc1. The zero-order chi connectivity index (χ0) is 16.5. The minimum atomic E-state index is -0.341. The summed E-state index contributed by atoms with van der Waals surface area (Å²) in [7, 11) is 1.58. The molecular formula is C16H23N3O4. The molecule has 0 saturated carbocycles. The number of hydrogen-bond donors (Lipinski definition) is 3. The van der Waals surface area contributed by atoms with Gasteiger partial charge in [0.25, 0.3) is 0 Å². The van der Waals surface area contributed by atoms with Crippen LogP contribution in [0.2, 0.25) is 0 Å². The summed E-state index contributed by atoms with van der Waals surface area (Å²) in [5, 5.41) is 8.20. The lowest BCUT2D eigenvalue weighted by atomic mass is 10.1. The van der Waals surface area contributed by atoms with Gasteiger partial charge in [-0.1, -0.05) is 0 Å². The van der Waals surface area contributed by atoms with Crippen LogP contribution in [0, 0.1) is 5.92 Å². The third kappa shape index (κ3) is 6.15. The fourth-order valence-electron chi connectivity index (χ4n) is 2.23. The van der Waals surface area contributed by atoms with Gasteiger partial charge >= 0.3 is 6.03 Å². The van der Waals surface area contributed by atoms with Crippen molar-refractivity contribution < 1.29 is 19.1 Å². The lowest BCUT2D eigenvalue weighted by Crippen LogP contribution is -2.35. The second kappa shape index (κ2) is 8.99. The maximum absolute atomic E-state index is 11.7. The number of amides is 3. The van der Waals surface area contributed by atoms with Crippen molar-refractivity contribution in [3.05, 3.63) is 24.3 Å². The van der Waals surface area contributed by atoms with Crippen LogP contribution < -0.4 is 20.7 Å². The highest BCUT2D eigenvalue weighted by atomic mass is 16.5. The molecule has 0 bridgehead atoms. The summed E-state index contributed by atoms with van der Waals surface area (Å²) < 4.78 is 10.3. The third-order valence-electron chi connectivity index (χ3n) is 3.60. The van der Waals surface area contributed by atoms with Gasteiger partial charge in [-0.05, 0) is 30.7 Å². The van der Waals surface area contributed by atoms with E-state index < -0.39 is 0 Å². The molecule has 23 heavy (non-hydrogen) atoms. The number of methoxy groups -OCH3 is 1. The van der Waals surface area contributed by atoms with Crippen molar-refractivity contribution in [1.29, 1.82) is 0 Å². The van der Waals surface area contributed by atoms with Gasteiger partial charge in [0.1, 0.15) is 5.75 Å². The first kappa shape index (κ1) is 17.1. The highest BCUT2D eigenvalue weighted by molar-refractivity contribution is 5.89. The van der Waals surface area contributed by atoms with Gasteiger partial charge in [0.05, 0.1) is 13.7 Å². The van der Waals surface area contributed by atoms with Crippen LogP contribution in [0.5, 0.6) is 5.75 Å². The van der Waals surface area contributed by atoms with E-state index in [1.54, 1.807) is 31.4 Å². The van der Waals surface area contributed by atoms with Gasteiger partial charge in [-0.25, -0.2) is 4.79 Å². The lowest BCUT2D eigenvalue weighted by molar-refractivity contribution is -0.121. The van der Waals surface area contributed by atoms with Crippen LogP contribution in [0.25, 0.3) is 0 Å². The van der Waals surface area contributed by atoms with Crippen LogP contribution >= 0.6 is 0 Å². The molecule has 7 heteroatoms. The smallest absolute Gasteiger partial charge is 0.319 e. The number of rotatable bonds is 7. The Bertz CT molecular complexity index is 513. The van der Waals surface area contributed by atoms with E-state index in [1.807, 2.05) is 0 Å². The minimum absolute atomic E-state index is 0.0679. The summed E-state index contributed by atoms with van der Waals surface area (Å²) in [5.41, 5.74) is 0.661. The highest BCUT2D eigenvalue weighted by Crippen LogP contribution is 2.14. The molecular weight excluding hydrogens is 298 g/mol. The predicted octanol–water partition coefficient (Wildman–Crippen LogP) is 1.36. The van der Waals surface area contributed by atoms with Crippen LogP contribution in [0.15, 0.2) is 24.3 Å². The van der Waals surface area contributed by atoms with Crippen molar-refractivity contribution in [2.45, 2.75) is 12.8 Å². The van der Waals surface area contributed by atoms with Crippen molar-refractivity contribution >= 4 is 17.6 Å². The Morgan fingerprint density at radius 2 is 2.04 bits per heavy atom. The van der Waals surface area contributed by atoms with Gasteiger partial charge in [0.15, 0.2) is 0 Å². The predicted molar refractivity (Wildman–Crippen MR) is 86.6 cm³/mol. The second-order valence-electron chi connectivity index (χ2n) is 5.39. The van der Waals surface area contributed by atoms with Gasteiger partial charge in [0.2, 0.25) is 5.91 Å². The Kier molecular flexibility index (Phi) is 6.68. The molecule has 1 aromatic carbocycles. The standard InChI is InChI=1S/C16H23N3O4/c1-22-14-4-2-13(3-5-14)19-16(21)17-8-6-15(20)18-10-12-7-9-23-11-12/h2-5,12H,6-11H2,1H3,(H,18,20)(H2,17,19,21). The monoisotopic (exact) mass is 321 g/mol. The summed E-state index contributed by atoms with van der Waals surface area (Å²) in [4.78, 5) is 23.4. The van der Waals surface area contributed by atoms with Crippen molar-refractivity contribution in [3.63, 3.8) is 0 Å². The van der Waals surface area contributed by atoms with Crippen molar-refractivity contribution in [1.82, 2.24) is 10.6 Å². The van der Waals surface area contributed by atoms with Gasteiger partial charge < -0.3 is 25.4 Å². The van der Waals surface area contributed by atoms with Crippen molar-refractivity contribution in [2.24, 2.45) is 5.92 Å². The topological polar surface area (TPSA) is 88.7 Å². The van der Waals surface area contributed by atoms with Crippen LogP contribution in [0.4, 0.5) is 10.5 Å². The van der Waals surface area contributed by atoms with Crippen LogP contribution in [0.1, 0.15) is 12.8 Å². The first-order valence-electron chi connectivity index (χ1n) is 7.70. The number of hydrogen-bond acceptors (Lipinski definition) is 4. The number of ether oxygens (including phenoxy) is 2. The molecule has 0 spiro atoms. The minimum Gasteiger partial charge on any atom is -0.497 e. The molecule has 2 rings (SSSR count). The number of anilines is 1. The Morgan fingerprint density at radius 1 is 1.26 bits per heavy atom. The molecule has 1 aliphatic rings. The number of benzene rings is 1. The third-order valence-corrected chi connectivity index (χ3v) is 3.60. The van der Waals surface area contributed by atoms with E-state index in [9.17, 15) is 9.59 Å². The quantitative estimate of drug-likeness (QED) is 0.707. The largest absolute Gasteiger partial charge is 0.497 e. The molecule has 0 aliphatic carbocycles. The molecule has 0 radical (unpaired) electrons. The van der Waals surface area contributed by atoms with Gasteiger partial charge in [-0.3, -0.25) is 4.79 Å². The summed E-state index contributed by atoms with van der Waals surface area (Å²) >= 11 is 0. The summed E-state index contributed by atoms with van der Waals surface area (Å²) in [6.07, 6.45) is 1.24. The molecule has 0 aromatic heterocycles. The van der Waals surface area contributed by atoms with E-state index in [0.717, 1.165) is 18.8 Å². The highest BCUT2D eigenvalue weighted by Gasteiger charge is 2.16. The number of urea groups is 1. The molecule has 1 heterocycles. The Morgan fingerprint density at radius 3 is 2.70 bits per heavy atom.